The second-order valence-electron chi connectivity index (χ2n) is 6.00. The summed E-state index contributed by atoms with van der Waals surface area (Å²) in [6, 6.07) is 0.498. The number of nitrogens with zero attached hydrogens (tertiary/aromatic N) is 2. The summed E-state index contributed by atoms with van der Waals surface area (Å²) < 4.78 is 11.5. The Labute approximate surface area is 120 Å². The first kappa shape index (κ1) is 14.0. The zero-order valence-corrected chi connectivity index (χ0v) is 12.4. The van der Waals surface area contributed by atoms with Gasteiger partial charge in [0.1, 0.15) is 5.60 Å². The third-order valence-corrected chi connectivity index (χ3v) is 4.54. The fraction of sp³-hybridized carbons (Fsp3) is 0.867. The van der Waals surface area contributed by atoms with Gasteiger partial charge in [-0.1, -0.05) is 24.4 Å². The molecule has 1 aromatic heterocycles. The number of rotatable bonds is 5. The maximum atomic E-state index is 6.04. The lowest BCUT2D eigenvalue weighted by Gasteiger charge is -2.33. The molecule has 3 rings (SSSR count). The average Bonchev–Trinajstić information content (AvgIpc) is 3.13. The predicted octanol–water partition coefficient (Wildman–Crippen LogP) is 2.56. The molecule has 112 valence electrons. The van der Waals surface area contributed by atoms with E-state index in [1.54, 1.807) is 0 Å². The van der Waals surface area contributed by atoms with E-state index in [1.165, 1.54) is 32.1 Å². The zero-order valence-electron chi connectivity index (χ0n) is 12.4. The Kier molecular flexibility index (Phi) is 4.36. The van der Waals surface area contributed by atoms with E-state index < -0.39 is 0 Å². The minimum Gasteiger partial charge on any atom is -0.367 e. The van der Waals surface area contributed by atoms with Crippen LogP contribution in [0.5, 0.6) is 0 Å². The van der Waals surface area contributed by atoms with E-state index in [0.29, 0.717) is 12.6 Å². The van der Waals surface area contributed by atoms with Crippen LogP contribution in [0.2, 0.25) is 0 Å². The highest BCUT2D eigenvalue weighted by molar-refractivity contribution is 5.04. The summed E-state index contributed by atoms with van der Waals surface area (Å²) in [6.07, 6.45) is 8.98. The molecule has 1 N–H and O–H groups in total. The summed E-state index contributed by atoms with van der Waals surface area (Å²) in [5.74, 6) is 1.52. The van der Waals surface area contributed by atoms with Crippen LogP contribution >= 0.6 is 0 Å². The van der Waals surface area contributed by atoms with Gasteiger partial charge in [-0.3, -0.25) is 0 Å². The Balaban J connectivity index is 1.72. The van der Waals surface area contributed by atoms with Crippen LogP contribution in [0.3, 0.4) is 0 Å². The van der Waals surface area contributed by atoms with Crippen LogP contribution in [0.4, 0.5) is 0 Å². The summed E-state index contributed by atoms with van der Waals surface area (Å²) in [4.78, 5) is 4.65. The van der Waals surface area contributed by atoms with Gasteiger partial charge < -0.3 is 14.6 Å². The van der Waals surface area contributed by atoms with Gasteiger partial charge in [0.25, 0.3) is 0 Å². The number of ether oxygens (including phenoxy) is 1. The number of hydrogen-bond acceptors (Lipinski definition) is 5. The van der Waals surface area contributed by atoms with Crippen molar-refractivity contribution in [2.24, 2.45) is 0 Å². The van der Waals surface area contributed by atoms with Gasteiger partial charge in [0.2, 0.25) is 11.7 Å². The van der Waals surface area contributed by atoms with E-state index in [2.05, 4.69) is 15.5 Å². The molecule has 5 heteroatoms. The molecule has 20 heavy (non-hydrogen) atoms. The van der Waals surface area contributed by atoms with Gasteiger partial charge in [-0.15, -0.1) is 0 Å². The Hall–Kier alpha value is -0.940. The van der Waals surface area contributed by atoms with Crippen LogP contribution in [0.15, 0.2) is 4.52 Å². The number of nitrogens with one attached hydrogen (secondary N) is 1. The van der Waals surface area contributed by atoms with Crippen LogP contribution in [-0.4, -0.2) is 29.3 Å². The van der Waals surface area contributed by atoms with E-state index in [0.717, 1.165) is 37.5 Å². The second-order valence-corrected chi connectivity index (χ2v) is 6.00. The van der Waals surface area contributed by atoms with Gasteiger partial charge in [-0.25, -0.2) is 0 Å². The molecule has 0 spiro atoms. The van der Waals surface area contributed by atoms with Crippen molar-refractivity contribution in [1.29, 1.82) is 0 Å². The van der Waals surface area contributed by atoms with Crippen LogP contribution in [-0.2, 0) is 16.8 Å². The number of aromatic nitrogens is 2. The van der Waals surface area contributed by atoms with Crippen molar-refractivity contribution in [2.45, 2.75) is 69.9 Å². The normalized spacial score (nSPS) is 25.9. The number of hydrogen-bond donors (Lipinski definition) is 1. The third kappa shape index (κ3) is 2.88. The standard InChI is InChI=1S/C15H25N3O2/c1-2-19-15(8-4-3-5-9-15)14-17-13(20-18-14)11-12-7-6-10-16-12/h12,16H,2-11H2,1H3. The molecule has 1 atom stereocenters. The summed E-state index contributed by atoms with van der Waals surface area (Å²) in [7, 11) is 0. The van der Waals surface area contributed by atoms with Crippen LogP contribution in [0.25, 0.3) is 0 Å². The monoisotopic (exact) mass is 279 g/mol. The topological polar surface area (TPSA) is 60.2 Å². The molecule has 2 aliphatic rings. The highest BCUT2D eigenvalue weighted by Crippen LogP contribution is 2.39. The molecular formula is C15H25N3O2. The molecule has 2 heterocycles. The molecule has 0 radical (unpaired) electrons. The first-order valence-electron chi connectivity index (χ1n) is 8.03. The minimum atomic E-state index is -0.294. The maximum Gasteiger partial charge on any atom is 0.228 e. The first-order chi connectivity index (χ1) is 9.82. The van der Waals surface area contributed by atoms with Crippen LogP contribution in [0, 0.1) is 0 Å². The van der Waals surface area contributed by atoms with E-state index in [4.69, 9.17) is 9.26 Å². The molecule has 1 aliphatic heterocycles. The van der Waals surface area contributed by atoms with Crippen molar-refractivity contribution < 1.29 is 9.26 Å². The van der Waals surface area contributed by atoms with Crippen molar-refractivity contribution in [2.75, 3.05) is 13.2 Å². The predicted molar refractivity (Wildman–Crippen MR) is 75.4 cm³/mol. The van der Waals surface area contributed by atoms with Crippen molar-refractivity contribution in [3.8, 4) is 0 Å². The molecule has 5 nitrogen and oxygen atoms in total. The fourth-order valence-electron chi connectivity index (χ4n) is 3.50. The van der Waals surface area contributed by atoms with Gasteiger partial charge >= 0.3 is 0 Å². The summed E-state index contributed by atoms with van der Waals surface area (Å²) in [5.41, 5.74) is -0.294. The molecule has 0 aromatic carbocycles. The largest absolute Gasteiger partial charge is 0.367 e. The van der Waals surface area contributed by atoms with Gasteiger partial charge in [0, 0.05) is 19.1 Å². The highest BCUT2D eigenvalue weighted by atomic mass is 16.5. The quantitative estimate of drug-likeness (QED) is 0.897. The van der Waals surface area contributed by atoms with Crippen molar-refractivity contribution in [3.63, 3.8) is 0 Å². The molecular weight excluding hydrogens is 254 g/mol. The van der Waals surface area contributed by atoms with Crippen LogP contribution < -0.4 is 5.32 Å². The second kappa shape index (κ2) is 6.22. The van der Waals surface area contributed by atoms with E-state index in [9.17, 15) is 0 Å². The van der Waals surface area contributed by atoms with E-state index >= 15 is 0 Å². The van der Waals surface area contributed by atoms with Crippen molar-refractivity contribution in [1.82, 2.24) is 15.5 Å². The molecule has 1 aromatic rings. The highest BCUT2D eigenvalue weighted by Gasteiger charge is 2.39. The Morgan fingerprint density at radius 2 is 2.15 bits per heavy atom. The summed E-state index contributed by atoms with van der Waals surface area (Å²) >= 11 is 0. The van der Waals surface area contributed by atoms with Gasteiger partial charge in [0.15, 0.2) is 0 Å². The first-order valence-corrected chi connectivity index (χ1v) is 8.03. The molecule has 1 saturated heterocycles. The Morgan fingerprint density at radius 3 is 2.85 bits per heavy atom. The lowest BCUT2D eigenvalue weighted by Crippen LogP contribution is -2.33. The summed E-state index contributed by atoms with van der Waals surface area (Å²) in [5, 5.41) is 7.70. The summed E-state index contributed by atoms with van der Waals surface area (Å²) in [6.45, 7) is 3.85. The van der Waals surface area contributed by atoms with Gasteiger partial charge in [-0.2, -0.15) is 4.98 Å². The molecule has 0 bridgehead atoms. The van der Waals surface area contributed by atoms with Gasteiger partial charge in [0.05, 0.1) is 0 Å². The third-order valence-electron chi connectivity index (χ3n) is 4.54. The molecule has 1 unspecified atom stereocenters. The average molecular weight is 279 g/mol. The fourth-order valence-corrected chi connectivity index (χ4v) is 3.50. The van der Waals surface area contributed by atoms with Gasteiger partial charge in [-0.05, 0) is 39.2 Å². The maximum absolute atomic E-state index is 6.04. The molecule has 0 amide bonds. The lowest BCUT2D eigenvalue weighted by atomic mass is 9.84. The van der Waals surface area contributed by atoms with Crippen molar-refractivity contribution in [3.05, 3.63) is 11.7 Å². The Bertz CT molecular complexity index is 415. The van der Waals surface area contributed by atoms with Crippen molar-refractivity contribution >= 4 is 0 Å². The van der Waals surface area contributed by atoms with E-state index in [1.807, 2.05) is 6.92 Å². The smallest absolute Gasteiger partial charge is 0.228 e. The minimum absolute atomic E-state index is 0.294. The SMILES string of the molecule is CCOC1(c2noc(CC3CCCN3)n2)CCCCC1. The molecule has 1 aliphatic carbocycles. The lowest BCUT2D eigenvalue weighted by molar-refractivity contribution is -0.0777. The van der Waals surface area contributed by atoms with E-state index in [-0.39, 0.29) is 5.60 Å². The zero-order chi connectivity index (χ0) is 13.8. The molecule has 1 saturated carbocycles. The van der Waals surface area contributed by atoms with Crippen LogP contribution in [0.1, 0.15) is 63.6 Å². The Morgan fingerprint density at radius 1 is 1.30 bits per heavy atom. The molecule has 2 fully saturated rings.